The van der Waals surface area contributed by atoms with Crippen LogP contribution >= 0.6 is 0 Å². The lowest BCUT2D eigenvalue weighted by molar-refractivity contribution is -0.135. The Kier molecular flexibility index (Phi) is 2.71. The average molecular weight is 210 g/mol. The van der Waals surface area contributed by atoms with E-state index in [0.29, 0.717) is 37.2 Å². The maximum atomic E-state index is 11.0. The number of esters is 2. The Morgan fingerprint density at radius 3 is 1.73 bits per heavy atom. The van der Waals surface area contributed by atoms with Gasteiger partial charge in [0.1, 0.15) is 12.5 Å². The molecule has 0 aliphatic carbocycles. The summed E-state index contributed by atoms with van der Waals surface area (Å²) < 4.78 is 14.4. The molecule has 0 spiro atoms. The number of carbonyl (C=O) groups excluding carboxylic acids is 2. The van der Waals surface area contributed by atoms with E-state index in [4.69, 9.17) is 14.2 Å². The molecular weight excluding hydrogens is 200 g/mol. The van der Waals surface area contributed by atoms with E-state index in [-0.39, 0.29) is 11.9 Å². The van der Waals surface area contributed by atoms with Gasteiger partial charge in [0.25, 0.3) is 0 Å². The molecule has 2 aliphatic rings. The summed E-state index contributed by atoms with van der Waals surface area (Å²) in [6.45, 7) is 0.791. The zero-order chi connectivity index (χ0) is 10.7. The molecule has 2 aliphatic heterocycles. The maximum absolute atomic E-state index is 11.0. The molecule has 0 aromatic heterocycles. The predicted octanol–water partition coefficient (Wildman–Crippen LogP) is 0.665. The molecule has 2 rings (SSSR count). The van der Waals surface area contributed by atoms with E-state index in [1.54, 1.807) is 0 Å². The normalized spacial score (nSPS) is 25.9. The van der Waals surface area contributed by atoms with Crippen LogP contribution in [-0.4, -0.2) is 25.2 Å². The molecule has 0 aromatic rings. The van der Waals surface area contributed by atoms with Gasteiger partial charge >= 0.3 is 11.9 Å². The summed E-state index contributed by atoms with van der Waals surface area (Å²) in [5, 5.41) is 0. The number of rotatable bonds is 2. The van der Waals surface area contributed by atoms with Crippen LogP contribution in [-0.2, 0) is 23.8 Å². The van der Waals surface area contributed by atoms with Crippen molar-refractivity contribution in [1.82, 2.24) is 0 Å². The largest absolute Gasteiger partial charge is 0.472 e. The Bertz CT molecular complexity index is 319. The minimum Gasteiger partial charge on any atom is -0.472 e. The average Bonchev–Trinajstić information content (AvgIpc) is 2.78. The van der Waals surface area contributed by atoms with Crippen LogP contribution in [0.25, 0.3) is 0 Å². The summed E-state index contributed by atoms with van der Waals surface area (Å²) in [6, 6.07) is 0. The van der Waals surface area contributed by atoms with Gasteiger partial charge in [-0.15, -0.1) is 0 Å². The summed E-state index contributed by atoms with van der Waals surface area (Å²) in [5.74, 6) is -0.718. The van der Waals surface area contributed by atoms with Crippen molar-refractivity contribution in [1.29, 1.82) is 0 Å². The van der Waals surface area contributed by atoms with Gasteiger partial charge in [0.15, 0.2) is 0 Å². The fourth-order valence-electron chi connectivity index (χ4n) is 1.31. The van der Waals surface area contributed by atoms with Crippen molar-refractivity contribution in [2.45, 2.75) is 12.8 Å². The molecule has 2 fully saturated rings. The molecule has 0 saturated carbocycles. The van der Waals surface area contributed by atoms with E-state index < -0.39 is 0 Å². The van der Waals surface area contributed by atoms with E-state index in [1.807, 2.05) is 0 Å². The first kappa shape index (κ1) is 9.76. The molecule has 0 N–H and O–H groups in total. The molecule has 5 nitrogen and oxygen atoms in total. The first-order chi connectivity index (χ1) is 7.27. The van der Waals surface area contributed by atoms with E-state index in [2.05, 4.69) is 0 Å². The minimum absolute atomic E-state index is 0.359. The van der Waals surface area contributed by atoms with Crippen LogP contribution in [0.15, 0.2) is 23.7 Å². The smallest absolute Gasteiger partial charge is 0.337 e. The van der Waals surface area contributed by atoms with Gasteiger partial charge < -0.3 is 14.2 Å². The molecule has 15 heavy (non-hydrogen) atoms. The van der Waals surface area contributed by atoms with Gasteiger partial charge in [0.05, 0.1) is 24.4 Å². The fraction of sp³-hybridized carbons (Fsp3) is 0.400. The van der Waals surface area contributed by atoms with Gasteiger partial charge in [-0.25, -0.2) is 9.59 Å². The maximum Gasteiger partial charge on any atom is 0.337 e. The van der Waals surface area contributed by atoms with Crippen molar-refractivity contribution < 1.29 is 23.8 Å². The van der Waals surface area contributed by atoms with Crippen LogP contribution in [0.3, 0.4) is 0 Å². The van der Waals surface area contributed by atoms with Gasteiger partial charge in [0.2, 0.25) is 0 Å². The first-order valence-corrected chi connectivity index (χ1v) is 4.65. The van der Waals surface area contributed by atoms with Crippen molar-refractivity contribution in [2.24, 2.45) is 0 Å². The molecule has 2 saturated heterocycles. The van der Waals surface area contributed by atoms with Gasteiger partial charge in [-0.05, 0) is 0 Å². The topological polar surface area (TPSA) is 61.8 Å². The Morgan fingerprint density at radius 2 is 1.40 bits per heavy atom. The number of hydrogen-bond acceptors (Lipinski definition) is 5. The molecular formula is C10H10O5. The molecule has 80 valence electrons. The summed E-state index contributed by atoms with van der Waals surface area (Å²) >= 11 is 0. The van der Waals surface area contributed by atoms with E-state index in [9.17, 15) is 9.59 Å². The molecule has 0 aromatic carbocycles. The molecule has 0 radical (unpaired) electrons. The second kappa shape index (κ2) is 4.16. The highest BCUT2D eigenvalue weighted by molar-refractivity contribution is 5.90. The minimum atomic E-state index is -0.359. The highest BCUT2D eigenvalue weighted by Crippen LogP contribution is 2.15. The van der Waals surface area contributed by atoms with Crippen LogP contribution in [0.2, 0.25) is 0 Å². The van der Waals surface area contributed by atoms with E-state index >= 15 is 0 Å². The Labute approximate surface area is 86.3 Å². The third-order valence-corrected chi connectivity index (χ3v) is 2.15. The lowest BCUT2D eigenvalue weighted by atomic mass is 10.2. The standard InChI is InChI=1S/C10H10O5/c11-9-7(1-3-14-9)5-13-6-8-2-4-15-10(8)12/h5-6H,1-4H2/b7-5-,8-6+. The predicted molar refractivity (Wildman–Crippen MR) is 48.4 cm³/mol. The number of cyclic esters (lactones) is 2. The fourth-order valence-corrected chi connectivity index (χ4v) is 1.31. The SMILES string of the molecule is O=C1OCC/C1=C/O/C=C1\CCOC1=O. The molecule has 5 heteroatoms. The molecule has 0 bridgehead atoms. The monoisotopic (exact) mass is 210 g/mol. The Balaban J connectivity index is 1.93. The van der Waals surface area contributed by atoms with Crippen LogP contribution in [0, 0.1) is 0 Å². The second-order valence-corrected chi connectivity index (χ2v) is 3.19. The van der Waals surface area contributed by atoms with E-state index in [0.717, 1.165) is 0 Å². The summed E-state index contributed by atoms with van der Waals surface area (Å²) in [5.41, 5.74) is 0.969. The summed E-state index contributed by atoms with van der Waals surface area (Å²) in [4.78, 5) is 22.0. The van der Waals surface area contributed by atoms with Crippen molar-refractivity contribution in [3.63, 3.8) is 0 Å². The van der Waals surface area contributed by atoms with Gasteiger partial charge in [0, 0.05) is 12.8 Å². The third kappa shape index (κ3) is 2.18. The van der Waals surface area contributed by atoms with Gasteiger partial charge in [-0.3, -0.25) is 0 Å². The molecule has 0 amide bonds. The van der Waals surface area contributed by atoms with Crippen molar-refractivity contribution in [3.05, 3.63) is 23.7 Å². The highest BCUT2D eigenvalue weighted by atomic mass is 16.5. The second-order valence-electron chi connectivity index (χ2n) is 3.19. The number of carbonyl (C=O) groups is 2. The highest BCUT2D eigenvalue weighted by Gasteiger charge is 2.20. The Hall–Kier alpha value is -1.78. The van der Waals surface area contributed by atoms with Crippen LogP contribution < -0.4 is 0 Å². The van der Waals surface area contributed by atoms with Crippen molar-refractivity contribution >= 4 is 11.9 Å². The van der Waals surface area contributed by atoms with Gasteiger partial charge in [-0.1, -0.05) is 0 Å². The molecule has 2 heterocycles. The van der Waals surface area contributed by atoms with E-state index in [1.165, 1.54) is 12.5 Å². The molecule has 0 unspecified atom stereocenters. The van der Waals surface area contributed by atoms with Gasteiger partial charge in [-0.2, -0.15) is 0 Å². The summed E-state index contributed by atoms with van der Waals surface area (Å²) in [7, 11) is 0. The third-order valence-electron chi connectivity index (χ3n) is 2.15. The quantitative estimate of drug-likeness (QED) is 0.380. The Morgan fingerprint density at radius 1 is 0.933 bits per heavy atom. The number of hydrogen-bond donors (Lipinski definition) is 0. The first-order valence-electron chi connectivity index (χ1n) is 4.65. The van der Waals surface area contributed by atoms with Crippen molar-refractivity contribution in [3.8, 4) is 0 Å². The lowest BCUT2D eigenvalue weighted by Gasteiger charge is -1.94. The number of ether oxygens (including phenoxy) is 3. The lowest BCUT2D eigenvalue weighted by Crippen LogP contribution is -1.96. The van der Waals surface area contributed by atoms with Crippen LogP contribution in [0.4, 0.5) is 0 Å². The van der Waals surface area contributed by atoms with Crippen LogP contribution in [0.5, 0.6) is 0 Å². The summed E-state index contributed by atoms with van der Waals surface area (Å²) in [6.07, 6.45) is 3.72. The van der Waals surface area contributed by atoms with Crippen molar-refractivity contribution in [2.75, 3.05) is 13.2 Å². The zero-order valence-electron chi connectivity index (χ0n) is 8.02. The molecule has 0 atom stereocenters. The zero-order valence-corrected chi connectivity index (χ0v) is 8.02. The van der Waals surface area contributed by atoms with Crippen LogP contribution in [0.1, 0.15) is 12.8 Å².